The van der Waals surface area contributed by atoms with Crippen molar-refractivity contribution < 1.29 is 76.6 Å². The van der Waals surface area contributed by atoms with Crippen LogP contribution in [0, 0.1) is 11.8 Å². The molecular weight excluding hydrogens is 857 g/mol. The van der Waals surface area contributed by atoms with Crippen LogP contribution in [0.15, 0.2) is 48.6 Å². The number of aliphatic hydroxyl groups is 2. The first-order valence-electron chi connectivity index (χ1n) is 24.7. The molecule has 0 aliphatic carbocycles. The van der Waals surface area contributed by atoms with E-state index in [2.05, 4.69) is 20.1 Å². The first-order chi connectivity index (χ1) is 31.9. The topological polar surface area (TPSA) is 178 Å². The Balaban J connectivity index is 0.853. The summed E-state index contributed by atoms with van der Waals surface area (Å²) in [5.74, 6) is -2.36. The Morgan fingerprint density at radius 2 is 1.48 bits per heavy atom. The highest BCUT2D eigenvalue weighted by Gasteiger charge is 2.83. The number of benzene rings is 1. The number of fused-ring (bicyclic) bond motifs is 7. The second-order valence-corrected chi connectivity index (χ2v) is 21.0. The zero-order valence-electron chi connectivity index (χ0n) is 38.2. The molecule has 362 valence electrons. The molecule has 3 unspecified atom stereocenters. The average Bonchev–Trinajstić information content (AvgIpc) is 3.98. The molecule has 1 aromatic carbocycles. The third-order valence-electron chi connectivity index (χ3n) is 16.9. The van der Waals surface area contributed by atoms with Gasteiger partial charge in [-0.1, -0.05) is 39.1 Å². The van der Waals surface area contributed by atoms with Crippen LogP contribution in [0.1, 0.15) is 103 Å². The summed E-state index contributed by atoms with van der Waals surface area (Å²) in [7, 11) is 1.63. The predicted octanol–water partition coefficient (Wildman–Crippen LogP) is 4.65. The molecular formula is C50H66O16. The van der Waals surface area contributed by atoms with E-state index in [1.165, 1.54) is 0 Å². The summed E-state index contributed by atoms with van der Waals surface area (Å²) in [6.07, 6.45) is -2.93. The fourth-order valence-electron chi connectivity index (χ4n) is 13.5. The molecule has 66 heavy (non-hydrogen) atoms. The maximum atomic E-state index is 14.3. The number of carbonyl (C=O) groups excluding carboxylic acids is 1. The molecule has 12 bridgehead atoms. The summed E-state index contributed by atoms with van der Waals surface area (Å²) in [6, 6.07) is 7.62. The van der Waals surface area contributed by atoms with Crippen molar-refractivity contribution >= 4 is 5.97 Å². The van der Waals surface area contributed by atoms with E-state index in [0.717, 1.165) is 41.7 Å². The molecule has 13 rings (SSSR count). The van der Waals surface area contributed by atoms with Crippen LogP contribution in [-0.2, 0) is 61.6 Å². The van der Waals surface area contributed by atoms with Crippen molar-refractivity contribution in [3.05, 3.63) is 54.1 Å². The summed E-state index contributed by atoms with van der Waals surface area (Å²) in [4.78, 5) is 14.3. The quantitative estimate of drug-likeness (QED) is 0.315. The van der Waals surface area contributed by atoms with E-state index in [9.17, 15) is 15.0 Å². The Morgan fingerprint density at radius 1 is 0.712 bits per heavy atom. The number of methoxy groups -OCH3 is 1. The van der Waals surface area contributed by atoms with Crippen molar-refractivity contribution in [3.63, 3.8) is 0 Å². The molecule has 23 atom stereocenters. The lowest BCUT2D eigenvalue weighted by Crippen LogP contribution is -2.63. The molecule has 16 nitrogen and oxygen atoms in total. The monoisotopic (exact) mass is 922 g/mol. The second kappa shape index (κ2) is 17.1. The Kier molecular flexibility index (Phi) is 11.6. The SMILES string of the molecule is C=C1C2C[C@@H]3O[C@H]4C[C@@H](O)[C@@H](CCO)O[C@H]4[C@H](C)[C@H]3OC(=O)C[C@H]3CC[C@@H]4OC5[C@H]6OC78O[C@@H](c9ccc(OC)cc9)O[C@H]7[C@](CC[C@H]7CC(=C)[C@H](CC[C@@H](C[C@H]1C)O2)O7)(O[C@H]6[C@H]4O3)O[C@@H]58. The van der Waals surface area contributed by atoms with Crippen molar-refractivity contribution in [3.8, 4) is 5.75 Å². The number of carbonyl (C=O) groups is 1. The first kappa shape index (κ1) is 44.6. The van der Waals surface area contributed by atoms with Crippen molar-refractivity contribution in [2.24, 2.45) is 11.8 Å². The van der Waals surface area contributed by atoms with E-state index in [1.807, 2.05) is 31.2 Å². The van der Waals surface area contributed by atoms with Gasteiger partial charge in [-0.05, 0) is 80.6 Å². The highest BCUT2D eigenvalue weighted by atomic mass is 16.9. The largest absolute Gasteiger partial charge is 0.497 e. The summed E-state index contributed by atoms with van der Waals surface area (Å²) in [5, 5.41) is 20.8. The third-order valence-corrected chi connectivity index (χ3v) is 16.9. The summed E-state index contributed by atoms with van der Waals surface area (Å²) < 4.78 is 87.8. The standard InChI is InChI=1S/C50H66O16/c1-23-18-29-10-12-33-24(2)19-31(55-33)14-16-49-48-50(66-47(62-48)27-6-8-28(54-5)9-7-27)46(65-49)45-44(64-50)43(63-49)42-35(60-45)13-11-30(57-42)20-39(53)61-41-26(4)40-37(21-32(52)34(59-40)15-17-51)58-38(41)22-36(56-29)25(23)3/h6-9,23,26,29-38,40-48,51-52H,2-3,10-22H2,1,4-5H3/t23-,26+,29+,30-,31+,32-,33+,34-,35+,36?,37+,38+,40+,41-,42+,43+,44+,45?,46+,47+,48+,49-,50?/m1/s1. The van der Waals surface area contributed by atoms with Crippen molar-refractivity contribution in [2.75, 3.05) is 13.7 Å². The third kappa shape index (κ3) is 7.38. The molecule has 2 N–H and O–H groups in total. The minimum atomic E-state index is -1.30. The number of esters is 1. The highest BCUT2D eigenvalue weighted by molar-refractivity contribution is 5.70. The van der Waals surface area contributed by atoms with Crippen LogP contribution in [0.4, 0.5) is 0 Å². The van der Waals surface area contributed by atoms with E-state index in [0.29, 0.717) is 51.4 Å². The summed E-state index contributed by atoms with van der Waals surface area (Å²) in [6.45, 7) is 13.1. The summed E-state index contributed by atoms with van der Waals surface area (Å²) in [5.41, 5.74) is 2.87. The number of ether oxygens (including phenoxy) is 13. The van der Waals surface area contributed by atoms with Gasteiger partial charge in [-0.2, -0.15) is 0 Å². The molecule has 16 heteroatoms. The van der Waals surface area contributed by atoms with Gasteiger partial charge in [0.25, 0.3) is 0 Å². The van der Waals surface area contributed by atoms with Gasteiger partial charge in [0.05, 0.1) is 80.7 Å². The summed E-state index contributed by atoms with van der Waals surface area (Å²) >= 11 is 0. The molecule has 1 aromatic rings. The van der Waals surface area contributed by atoms with Gasteiger partial charge < -0.3 is 71.8 Å². The molecule has 12 saturated heterocycles. The molecule has 12 heterocycles. The lowest BCUT2D eigenvalue weighted by molar-refractivity contribution is -0.329. The Hall–Kier alpha value is -2.55. The number of hydrogen-bond acceptors (Lipinski definition) is 16. The van der Waals surface area contributed by atoms with Crippen LogP contribution in [0.3, 0.4) is 0 Å². The van der Waals surface area contributed by atoms with Gasteiger partial charge in [-0.15, -0.1) is 0 Å². The fraction of sp³-hybridized carbons (Fsp3) is 0.780. The van der Waals surface area contributed by atoms with Gasteiger partial charge in [-0.25, -0.2) is 0 Å². The van der Waals surface area contributed by atoms with Crippen LogP contribution in [-0.4, -0.2) is 151 Å². The molecule has 0 amide bonds. The van der Waals surface area contributed by atoms with E-state index < -0.39 is 103 Å². The van der Waals surface area contributed by atoms with Crippen LogP contribution < -0.4 is 4.74 Å². The minimum Gasteiger partial charge on any atom is -0.497 e. The number of rotatable bonds is 4. The highest BCUT2D eigenvalue weighted by Crippen LogP contribution is 2.64. The fourth-order valence-corrected chi connectivity index (χ4v) is 13.5. The average molecular weight is 923 g/mol. The lowest BCUT2D eigenvalue weighted by Gasteiger charge is -2.51. The van der Waals surface area contributed by atoms with Crippen molar-refractivity contribution in [1.82, 2.24) is 0 Å². The molecule has 12 aliphatic rings. The van der Waals surface area contributed by atoms with Gasteiger partial charge in [0.15, 0.2) is 12.4 Å². The van der Waals surface area contributed by atoms with E-state index in [4.69, 9.17) is 61.6 Å². The zero-order chi connectivity index (χ0) is 45.2. The van der Waals surface area contributed by atoms with Crippen molar-refractivity contribution in [1.29, 1.82) is 0 Å². The van der Waals surface area contributed by atoms with Crippen LogP contribution in [0.5, 0.6) is 5.75 Å². The van der Waals surface area contributed by atoms with Gasteiger partial charge in [0.1, 0.15) is 42.4 Å². The van der Waals surface area contributed by atoms with Crippen molar-refractivity contribution in [2.45, 2.75) is 219 Å². The number of hydrogen-bond donors (Lipinski definition) is 2. The Labute approximate surface area is 385 Å². The smallest absolute Gasteiger partial charge is 0.308 e. The van der Waals surface area contributed by atoms with Crippen LogP contribution >= 0.6 is 0 Å². The maximum Gasteiger partial charge on any atom is 0.308 e. The van der Waals surface area contributed by atoms with Gasteiger partial charge in [-0.3, -0.25) is 4.79 Å². The van der Waals surface area contributed by atoms with Crippen LogP contribution in [0.25, 0.3) is 0 Å². The minimum absolute atomic E-state index is 0.00402. The normalized spacial score (nSPS) is 51.9. The maximum absolute atomic E-state index is 14.3. The predicted molar refractivity (Wildman–Crippen MR) is 229 cm³/mol. The second-order valence-electron chi connectivity index (χ2n) is 21.0. The van der Waals surface area contributed by atoms with Crippen LogP contribution in [0.2, 0.25) is 0 Å². The molecule has 0 aromatic heterocycles. The zero-order valence-corrected chi connectivity index (χ0v) is 38.2. The van der Waals surface area contributed by atoms with E-state index in [-0.39, 0.29) is 55.4 Å². The van der Waals surface area contributed by atoms with Gasteiger partial charge in [0.2, 0.25) is 11.6 Å². The molecule has 12 fully saturated rings. The number of aliphatic hydroxyl groups excluding tert-OH is 2. The molecule has 0 radical (unpaired) electrons. The van der Waals surface area contributed by atoms with E-state index >= 15 is 0 Å². The Bertz CT molecular complexity index is 2020. The van der Waals surface area contributed by atoms with Gasteiger partial charge >= 0.3 is 5.97 Å². The Morgan fingerprint density at radius 3 is 2.30 bits per heavy atom. The first-order valence-corrected chi connectivity index (χ1v) is 24.7. The van der Waals surface area contributed by atoms with Gasteiger partial charge in [0, 0.05) is 37.4 Å². The molecule has 0 saturated carbocycles. The van der Waals surface area contributed by atoms with E-state index in [1.54, 1.807) is 7.11 Å². The molecule has 12 aliphatic heterocycles. The molecule has 2 spiro atoms. The lowest BCUT2D eigenvalue weighted by atomic mass is 9.79.